The van der Waals surface area contributed by atoms with E-state index in [1.807, 2.05) is 24.7 Å². The predicted octanol–water partition coefficient (Wildman–Crippen LogP) is 2.62. The molecule has 1 atom stereocenters. The second-order valence-corrected chi connectivity index (χ2v) is 4.85. The van der Waals surface area contributed by atoms with Crippen LogP contribution in [0.15, 0.2) is 29.3 Å². The molecule has 2 heterocycles. The zero-order chi connectivity index (χ0) is 13.1. The van der Waals surface area contributed by atoms with Crippen molar-refractivity contribution >= 4 is 21.7 Å². The Morgan fingerprint density at radius 2 is 2.28 bits per heavy atom. The van der Waals surface area contributed by atoms with Gasteiger partial charge in [-0.15, -0.1) is 0 Å². The third kappa shape index (κ3) is 2.68. The van der Waals surface area contributed by atoms with Crippen molar-refractivity contribution in [2.24, 2.45) is 7.05 Å². The summed E-state index contributed by atoms with van der Waals surface area (Å²) in [5.41, 5.74) is 1.49. The molecule has 6 heteroatoms. The van der Waals surface area contributed by atoms with Gasteiger partial charge >= 0.3 is 0 Å². The number of hydrogen-bond donors (Lipinski definition) is 1. The zero-order valence-electron chi connectivity index (χ0n) is 10.1. The maximum absolute atomic E-state index is 8.95. The van der Waals surface area contributed by atoms with Crippen LogP contribution in [0.2, 0.25) is 0 Å². The van der Waals surface area contributed by atoms with Gasteiger partial charge in [0.05, 0.1) is 28.1 Å². The molecule has 0 aliphatic heterocycles. The molecule has 0 aliphatic carbocycles. The lowest BCUT2D eigenvalue weighted by molar-refractivity contribution is 0.837. The molecule has 0 spiro atoms. The van der Waals surface area contributed by atoms with Crippen molar-refractivity contribution in [3.8, 4) is 6.07 Å². The van der Waals surface area contributed by atoms with Crippen molar-refractivity contribution in [3.05, 3.63) is 40.5 Å². The van der Waals surface area contributed by atoms with Gasteiger partial charge < -0.3 is 9.88 Å². The van der Waals surface area contributed by atoms with Gasteiger partial charge in [0.1, 0.15) is 11.9 Å². The van der Waals surface area contributed by atoms with Crippen molar-refractivity contribution in [2.75, 3.05) is 5.32 Å². The molecule has 1 unspecified atom stereocenters. The Bertz CT molecular complexity index is 599. The highest BCUT2D eigenvalue weighted by atomic mass is 79.9. The van der Waals surface area contributed by atoms with Crippen LogP contribution in [0.3, 0.4) is 0 Å². The summed E-state index contributed by atoms with van der Waals surface area (Å²) in [6, 6.07) is 3.85. The summed E-state index contributed by atoms with van der Waals surface area (Å²) >= 11 is 3.28. The molecular weight excluding hydrogens is 294 g/mol. The molecule has 0 saturated carbocycles. The summed E-state index contributed by atoms with van der Waals surface area (Å²) in [5.74, 6) is 0.660. The molecule has 0 bridgehead atoms. The van der Waals surface area contributed by atoms with Gasteiger partial charge in [0.15, 0.2) is 0 Å². The number of rotatable bonds is 3. The Labute approximate surface area is 114 Å². The van der Waals surface area contributed by atoms with Gasteiger partial charge in [-0.2, -0.15) is 5.26 Å². The highest BCUT2D eigenvalue weighted by Crippen LogP contribution is 2.20. The van der Waals surface area contributed by atoms with Crippen LogP contribution < -0.4 is 5.32 Å². The van der Waals surface area contributed by atoms with Gasteiger partial charge in [-0.05, 0) is 28.9 Å². The van der Waals surface area contributed by atoms with E-state index in [9.17, 15) is 0 Å². The molecule has 18 heavy (non-hydrogen) atoms. The number of nitriles is 1. The summed E-state index contributed by atoms with van der Waals surface area (Å²) in [6.07, 6.45) is 5.32. The summed E-state index contributed by atoms with van der Waals surface area (Å²) in [6.45, 7) is 2.00. The largest absolute Gasteiger partial charge is 0.362 e. The fourth-order valence-electron chi connectivity index (χ4n) is 1.56. The van der Waals surface area contributed by atoms with Crippen LogP contribution in [0.5, 0.6) is 0 Å². The molecule has 5 nitrogen and oxygen atoms in total. The lowest BCUT2D eigenvalue weighted by Crippen LogP contribution is -2.08. The molecule has 0 amide bonds. The first kappa shape index (κ1) is 12.6. The van der Waals surface area contributed by atoms with Gasteiger partial charge in [-0.1, -0.05) is 0 Å². The number of anilines is 1. The van der Waals surface area contributed by atoms with Crippen molar-refractivity contribution in [2.45, 2.75) is 13.0 Å². The average molecular weight is 306 g/mol. The lowest BCUT2D eigenvalue weighted by Gasteiger charge is -2.12. The average Bonchev–Trinajstić information content (AvgIpc) is 2.78. The minimum atomic E-state index is 0.0337. The zero-order valence-corrected chi connectivity index (χ0v) is 11.6. The molecule has 0 fully saturated rings. The lowest BCUT2D eigenvalue weighted by atomic mass is 10.2. The molecule has 0 aliphatic rings. The SMILES string of the molecule is CC(Nc1cc(C#N)c(Br)cn1)c1cn(C)cn1. The van der Waals surface area contributed by atoms with E-state index < -0.39 is 0 Å². The van der Waals surface area contributed by atoms with E-state index in [1.165, 1.54) is 0 Å². The number of pyridine rings is 1. The highest BCUT2D eigenvalue weighted by molar-refractivity contribution is 9.10. The van der Waals surface area contributed by atoms with E-state index >= 15 is 0 Å². The van der Waals surface area contributed by atoms with Crippen LogP contribution in [-0.4, -0.2) is 14.5 Å². The van der Waals surface area contributed by atoms with Crippen molar-refractivity contribution in [1.82, 2.24) is 14.5 Å². The van der Waals surface area contributed by atoms with Crippen LogP contribution in [0.1, 0.15) is 24.2 Å². The molecule has 0 saturated heterocycles. The summed E-state index contributed by atoms with van der Waals surface area (Å²) in [7, 11) is 1.93. The molecule has 2 aromatic rings. The summed E-state index contributed by atoms with van der Waals surface area (Å²) in [5, 5.41) is 12.2. The Hall–Kier alpha value is -1.87. The molecule has 1 N–H and O–H groups in total. The van der Waals surface area contributed by atoms with Crippen molar-refractivity contribution in [1.29, 1.82) is 5.26 Å². The van der Waals surface area contributed by atoms with Crippen LogP contribution in [-0.2, 0) is 7.05 Å². The van der Waals surface area contributed by atoms with E-state index in [0.717, 1.165) is 5.69 Å². The molecule has 2 rings (SSSR count). The second kappa shape index (κ2) is 5.19. The minimum Gasteiger partial charge on any atom is -0.362 e. The normalized spacial score (nSPS) is 11.9. The Kier molecular flexibility index (Phi) is 3.63. The van der Waals surface area contributed by atoms with Crippen molar-refractivity contribution in [3.63, 3.8) is 0 Å². The second-order valence-electron chi connectivity index (χ2n) is 3.99. The Morgan fingerprint density at radius 3 is 2.89 bits per heavy atom. The van der Waals surface area contributed by atoms with E-state index in [4.69, 9.17) is 5.26 Å². The maximum Gasteiger partial charge on any atom is 0.127 e. The number of aryl methyl sites for hydroxylation is 1. The first-order valence-corrected chi connectivity index (χ1v) is 6.19. The van der Waals surface area contributed by atoms with Crippen LogP contribution >= 0.6 is 15.9 Å². The van der Waals surface area contributed by atoms with Gasteiger partial charge in [0.2, 0.25) is 0 Å². The highest BCUT2D eigenvalue weighted by Gasteiger charge is 2.10. The third-order valence-electron chi connectivity index (χ3n) is 2.51. The van der Waals surface area contributed by atoms with E-state index in [0.29, 0.717) is 15.9 Å². The first-order chi connectivity index (χ1) is 8.60. The van der Waals surface area contributed by atoms with Gasteiger partial charge in [-0.3, -0.25) is 0 Å². The fraction of sp³-hybridized carbons (Fsp3) is 0.250. The Morgan fingerprint density at radius 1 is 1.50 bits per heavy atom. The topological polar surface area (TPSA) is 66.5 Å². The quantitative estimate of drug-likeness (QED) is 0.946. The third-order valence-corrected chi connectivity index (χ3v) is 3.14. The summed E-state index contributed by atoms with van der Waals surface area (Å²) in [4.78, 5) is 8.49. The predicted molar refractivity (Wildman–Crippen MR) is 71.9 cm³/mol. The van der Waals surface area contributed by atoms with E-state index in [2.05, 4.69) is 37.3 Å². The number of imidazole rings is 1. The molecule has 2 aromatic heterocycles. The Balaban J connectivity index is 2.17. The fourth-order valence-corrected chi connectivity index (χ4v) is 1.86. The standard InChI is InChI=1S/C12H12BrN5/c1-8(11-6-18(2)7-16-11)17-12-3-9(4-14)10(13)5-15-12/h3,5-8H,1-2H3,(H,15,17). The van der Waals surface area contributed by atoms with Crippen molar-refractivity contribution < 1.29 is 0 Å². The van der Waals surface area contributed by atoms with E-state index in [-0.39, 0.29) is 6.04 Å². The minimum absolute atomic E-state index is 0.0337. The number of hydrogen-bond acceptors (Lipinski definition) is 4. The summed E-state index contributed by atoms with van der Waals surface area (Å²) < 4.78 is 2.59. The van der Waals surface area contributed by atoms with E-state index in [1.54, 1.807) is 18.6 Å². The van der Waals surface area contributed by atoms with Crippen LogP contribution in [0, 0.1) is 11.3 Å². The number of halogens is 1. The first-order valence-electron chi connectivity index (χ1n) is 5.40. The number of aromatic nitrogens is 3. The van der Waals surface area contributed by atoms with Gasteiger partial charge in [0.25, 0.3) is 0 Å². The van der Waals surface area contributed by atoms with Gasteiger partial charge in [-0.25, -0.2) is 9.97 Å². The molecule has 0 radical (unpaired) electrons. The molecular formula is C12H12BrN5. The smallest absolute Gasteiger partial charge is 0.127 e. The van der Waals surface area contributed by atoms with Crippen LogP contribution in [0.4, 0.5) is 5.82 Å². The maximum atomic E-state index is 8.95. The van der Waals surface area contributed by atoms with Crippen LogP contribution in [0.25, 0.3) is 0 Å². The molecule has 0 aromatic carbocycles. The number of nitrogens with zero attached hydrogens (tertiary/aromatic N) is 4. The molecule has 92 valence electrons. The monoisotopic (exact) mass is 305 g/mol. The van der Waals surface area contributed by atoms with Gasteiger partial charge in [0, 0.05) is 19.4 Å². The number of nitrogens with one attached hydrogen (secondary N) is 1.